The highest BCUT2D eigenvalue weighted by Gasteiger charge is 2.05. The molecule has 0 saturated carbocycles. The molecule has 1 aromatic carbocycles. The maximum absolute atomic E-state index is 9.44. The molecule has 1 nitrogen and oxygen atoms in total. The maximum Gasteiger partial charge on any atom is 0.0688 e. The minimum absolute atomic E-state index is 0.0788. The summed E-state index contributed by atoms with van der Waals surface area (Å²) >= 11 is 0. The molecule has 0 saturated heterocycles. The van der Waals surface area contributed by atoms with Crippen LogP contribution in [0.25, 0.3) is 21.9 Å². The minimum atomic E-state index is 0.0788. The highest BCUT2D eigenvalue weighted by atomic mass is 16.3. The Labute approximate surface area is 94.3 Å². The monoisotopic (exact) mass is 208 g/mol. The average Bonchev–Trinajstić information content (AvgIpc) is 2.68. The molecule has 0 radical (unpaired) electrons. The molecule has 2 aliphatic rings. The zero-order valence-corrected chi connectivity index (χ0v) is 8.85. The molecule has 0 atom stereocenters. The van der Waals surface area contributed by atoms with Gasteiger partial charge in [0, 0.05) is 0 Å². The summed E-state index contributed by atoms with van der Waals surface area (Å²) < 4.78 is 0. The molecule has 0 aliphatic heterocycles. The molecule has 16 heavy (non-hydrogen) atoms. The van der Waals surface area contributed by atoms with Crippen LogP contribution in [0.1, 0.15) is 5.56 Å². The predicted molar refractivity (Wildman–Crippen MR) is 66.5 cm³/mol. The van der Waals surface area contributed by atoms with Crippen molar-refractivity contribution in [2.75, 3.05) is 0 Å². The van der Waals surface area contributed by atoms with Crippen LogP contribution in [0, 0.1) is 0 Å². The zero-order valence-electron chi connectivity index (χ0n) is 8.85. The SMILES string of the molecule is OCc1cc2cccc-2cc2ccccc12. The lowest BCUT2D eigenvalue weighted by atomic mass is 10.1. The molecule has 1 aromatic rings. The number of fused-ring (bicyclic) bond motifs is 2. The molecule has 78 valence electrons. The van der Waals surface area contributed by atoms with Gasteiger partial charge in [0.2, 0.25) is 0 Å². The van der Waals surface area contributed by atoms with E-state index in [0.717, 1.165) is 10.9 Å². The lowest BCUT2D eigenvalue weighted by Crippen LogP contribution is -1.81. The van der Waals surface area contributed by atoms with Gasteiger partial charge in [0.1, 0.15) is 0 Å². The number of aliphatic hydroxyl groups excluding tert-OH is 1. The fraction of sp³-hybridized carbons (Fsp3) is 0.0667. The first-order chi connectivity index (χ1) is 7.88. The third kappa shape index (κ3) is 1.37. The van der Waals surface area contributed by atoms with Crippen molar-refractivity contribution in [3.05, 3.63) is 60.2 Å². The lowest BCUT2D eigenvalue weighted by Gasteiger charge is -1.97. The van der Waals surface area contributed by atoms with E-state index in [-0.39, 0.29) is 6.61 Å². The first kappa shape index (κ1) is 9.37. The number of aliphatic hydroxyl groups is 1. The van der Waals surface area contributed by atoms with Crippen LogP contribution in [0.5, 0.6) is 0 Å². The Morgan fingerprint density at radius 2 is 1.56 bits per heavy atom. The van der Waals surface area contributed by atoms with Crippen LogP contribution in [0.15, 0.2) is 54.6 Å². The van der Waals surface area contributed by atoms with Crippen LogP contribution in [0.4, 0.5) is 0 Å². The summed E-state index contributed by atoms with van der Waals surface area (Å²) in [5, 5.41) is 11.7. The van der Waals surface area contributed by atoms with Gasteiger partial charge in [-0.05, 0) is 39.6 Å². The second-order valence-corrected chi connectivity index (χ2v) is 4.00. The Hall–Kier alpha value is -1.86. The van der Waals surface area contributed by atoms with Crippen molar-refractivity contribution in [3.63, 3.8) is 0 Å². The van der Waals surface area contributed by atoms with Gasteiger partial charge in [0.25, 0.3) is 0 Å². The molecular formula is C15H12O. The second-order valence-electron chi connectivity index (χ2n) is 4.00. The van der Waals surface area contributed by atoms with Crippen molar-refractivity contribution in [2.24, 2.45) is 0 Å². The number of hydrogen-bond donors (Lipinski definition) is 1. The first-order valence-corrected chi connectivity index (χ1v) is 5.40. The lowest BCUT2D eigenvalue weighted by molar-refractivity contribution is 0.283. The van der Waals surface area contributed by atoms with E-state index in [4.69, 9.17) is 0 Å². The van der Waals surface area contributed by atoms with E-state index in [1.165, 1.54) is 16.5 Å². The molecule has 0 fully saturated rings. The third-order valence-electron chi connectivity index (χ3n) is 3.00. The Balaban J connectivity index is 2.49. The summed E-state index contributed by atoms with van der Waals surface area (Å²) in [5.74, 6) is 0. The topological polar surface area (TPSA) is 20.2 Å². The Morgan fingerprint density at radius 1 is 0.812 bits per heavy atom. The summed E-state index contributed by atoms with van der Waals surface area (Å²) in [6, 6.07) is 18.6. The summed E-state index contributed by atoms with van der Waals surface area (Å²) in [5.41, 5.74) is 3.38. The average molecular weight is 208 g/mol. The molecule has 0 spiro atoms. The summed E-state index contributed by atoms with van der Waals surface area (Å²) in [4.78, 5) is 0. The van der Waals surface area contributed by atoms with Crippen molar-refractivity contribution >= 4 is 10.8 Å². The molecule has 0 amide bonds. The van der Waals surface area contributed by atoms with Gasteiger partial charge in [0.15, 0.2) is 0 Å². The fourth-order valence-corrected chi connectivity index (χ4v) is 2.19. The Morgan fingerprint density at radius 3 is 2.38 bits per heavy atom. The van der Waals surface area contributed by atoms with Crippen molar-refractivity contribution in [3.8, 4) is 11.1 Å². The molecule has 2 aliphatic carbocycles. The largest absolute Gasteiger partial charge is 0.392 e. The minimum Gasteiger partial charge on any atom is -0.392 e. The number of rotatable bonds is 1. The van der Waals surface area contributed by atoms with Crippen LogP contribution in [0.3, 0.4) is 0 Å². The Bertz CT molecular complexity index is 613. The van der Waals surface area contributed by atoms with Crippen molar-refractivity contribution in [1.82, 2.24) is 0 Å². The smallest absolute Gasteiger partial charge is 0.0688 e. The van der Waals surface area contributed by atoms with Gasteiger partial charge in [-0.3, -0.25) is 0 Å². The van der Waals surface area contributed by atoms with Gasteiger partial charge >= 0.3 is 0 Å². The molecule has 0 bridgehead atoms. The number of benzene rings is 1. The van der Waals surface area contributed by atoms with Crippen molar-refractivity contribution < 1.29 is 5.11 Å². The highest BCUT2D eigenvalue weighted by Crippen LogP contribution is 2.28. The Kier molecular flexibility index (Phi) is 2.12. The molecule has 0 unspecified atom stereocenters. The van der Waals surface area contributed by atoms with Crippen LogP contribution >= 0.6 is 0 Å². The highest BCUT2D eigenvalue weighted by molar-refractivity contribution is 5.90. The molecule has 1 heteroatoms. The van der Waals surface area contributed by atoms with Gasteiger partial charge in [-0.15, -0.1) is 0 Å². The van der Waals surface area contributed by atoms with Gasteiger partial charge in [-0.25, -0.2) is 0 Å². The molecule has 1 N–H and O–H groups in total. The normalized spacial score (nSPS) is 11.1. The van der Waals surface area contributed by atoms with Crippen LogP contribution < -0.4 is 0 Å². The van der Waals surface area contributed by atoms with Gasteiger partial charge < -0.3 is 5.11 Å². The molecule has 0 aromatic heterocycles. The third-order valence-corrected chi connectivity index (χ3v) is 3.00. The van der Waals surface area contributed by atoms with E-state index < -0.39 is 0 Å². The summed E-state index contributed by atoms with van der Waals surface area (Å²) in [6.07, 6.45) is 0. The zero-order chi connectivity index (χ0) is 11.0. The fourth-order valence-electron chi connectivity index (χ4n) is 2.19. The van der Waals surface area contributed by atoms with Crippen LogP contribution in [0.2, 0.25) is 0 Å². The molecule has 3 rings (SSSR count). The number of hydrogen-bond acceptors (Lipinski definition) is 1. The van der Waals surface area contributed by atoms with E-state index in [1.54, 1.807) is 0 Å². The van der Waals surface area contributed by atoms with E-state index in [9.17, 15) is 5.11 Å². The van der Waals surface area contributed by atoms with Crippen molar-refractivity contribution in [2.45, 2.75) is 6.61 Å². The van der Waals surface area contributed by atoms with Crippen LogP contribution in [-0.2, 0) is 6.61 Å². The van der Waals surface area contributed by atoms with Crippen LogP contribution in [-0.4, -0.2) is 5.11 Å². The van der Waals surface area contributed by atoms with Gasteiger partial charge in [0.05, 0.1) is 6.61 Å². The van der Waals surface area contributed by atoms with Gasteiger partial charge in [-0.2, -0.15) is 0 Å². The van der Waals surface area contributed by atoms with E-state index in [1.807, 2.05) is 18.2 Å². The first-order valence-electron chi connectivity index (χ1n) is 5.40. The van der Waals surface area contributed by atoms with Crippen molar-refractivity contribution in [1.29, 1.82) is 0 Å². The predicted octanol–water partition coefficient (Wildman–Crippen LogP) is 3.44. The maximum atomic E-state index is 9.44. The summed E-state index contributed by atoms with van der Waals surface area (Å²) in [6.45, 7) is 0.0788. The van der Waals surface area contributed by atoms with E-state index >= 15 is 0 Å². The second kappa shape index (κ2) is 3.62. The molecule has 0 heterocycles. The standard InChI is InChI=1S/C15H12O/c16-10-14-9-12-6-3-5-11(12)8-13-4-1-2-7-15(13)14/h1-9,16H,10H2. The van der Waals surface area contributed by atoms with E-state index in [0.29, 0.717) is 0 Å². The van der Waals surface area contributed by atoms with E-state index in [2.05, 4.69) is 36.4 Å². The quantitative estimate of drug-likeness (QED) is 0.649. The van der Waals surface area contributed by atoms with Gasteiger partial charge in [-0.1, -0.05) is 42.5 Å². The summed E-state index contributed by atoms with van der Waals surface area (Å²) in [7, 11) is 0. The molecular weight excluding hydrogens is 196 g/mol.